The van der Waals surface area contributed by atoms with Crippen molar-refractivity contribution in [1.29, 1.82) is 0 Å². The number of hydrogen-bond donors (Lipinski definition) is 3. The van der Waals surface area contributed by atoms with Gasteiger partial charge in [-0.05, 0) is 37.0 Å². The maximum absolute atomic E-state index is 10.9. The van der Waals surface area contributed by atoms with Gasteiger partial charge in [-0.3, -0.25) is 9.79 Å². The Bertz CT molecular complexity index is 540. The van der Waals surface area contributed by atoms with E-state index in [0.29, 0.717) is 19.0 Å². The molecule has 0 aliphatic carbocycles. The molecule has 1 amide bonds. The standard InChI is InChI=1S/C18H29BrN4O.HI/c1-4-15(11-16-7-6-8-17(19)12-16)13-23-18(20-5-2)22-10-9-21-14(3)24;/h6-8,12,15H,4-5,9-11,13H2,1-3H3,(H,21,24)(H2,20,22,23);1H. The van der Waals surface area contributed by atoms with Gasteiger partial charge in [0.2, 0.25) is 5.91 Å². The third kappa shape index (κ3) is 11.4. The van der Waals surface area contributed by atoms with Crippen LogP contribution >= 0.6 is 39.9 Å². The summed E-state index contributed by atoms with van der Waals surface area (Å²) in [4.78, 5) is 15.6. The first-order valence-electron chi connectivity index (χ1n) is 8.56. The lowest BCUT2D eigenvalue weighted by Crippen LogP contribution is -2.41. The predicted molar refractivity (Wildman–Crippen MR) is 120 cm³/mol. The van der Waals surface area contributed by atoms with Crippen molar-refractivity contribution in [2.24, 2.45) is 10.9 Å². The van der Waals surface area contributed by atoms with Crippen LogP contribution in [0.15, 0.2) is 33.7 Å². The maximum Gasteiger partial charge on any atom is 0.216 e. The largest absolute Gasteiger partial charge is 0.357 e. The molecule has 0 aliphatic rings. The first kappa shape index (κ1) is 24.2. The van der Waals surface area contributed by atoms with E-state index in [1.54, 1.807) is 0 Å². The molecule has 0 saturated heterocycles. The Balaban J connectivity index is 0.00000576. The summed E-state index contributed by atoms with van der Waals surface area (Å²) < 4.78 is 1.12. The zero-order chi connectivity index (χ0) is 17.8. The maximum atomic E-state index is 10.9. The van der Waals surface area contributed by atoms with Gasteiger partial charge >= 0.3 is 0 Å². The fourth-order valence-electron chi connectivity index (χ4n) is 2.32. The minimum Gasteiger partial charge on any atom is -0.357 e. The van der Waals surface area contributed by atoms with E-state index in [0.717, 1.165) is 36.4 Å². The van der Waals surface area contributed by atoms with Gasteiger partial charge in [0.05, 0.1) is 0 Å². The molecule has 0 saturated carbocycles. The number of nitrogens with one attached hydrogen (secondary N) is 3. The molecule has 0 bridgehead atoms. The molecular formula is C18H30BrIN4O. The molecule has 0 spiro atoms. The lowest BCUT2D eigenvalue weighted by Gasteiger charge is -2.15. The predicted octanol–water partition coefficient (Wildman–Crippen LogP) is 3.33. The van der Waals surface area contributed by atoms with Crippen LogP contribution in [-0.4, -0.2) is 38.0 Å². The van der Waals surface area contributed by atoms with Crippen molar-refractivity contribution >= 4 is 51.8 Å². The summed E-state index contributed by atoms with van der Waals surface area (Å²) >= 11 is 3.52. The number of nitrogens with zero attached hydrogens (tertiary/aromatic N) is 1. The van der Waals surface area contributed by atoms with Gasteiger partial charge in [0, 0.05) is 37.6 Å². The molecule has 1 rings (SSSR count). The number of carbonyl (C=O) groups excluding carboxylic acids is 1. The summed E-state index contributed by atoms with van der Waals surface area (Å²) in [7, 11) is 0. The van der Waals surface area contributed by atoms with Gasteiger partial charge in [0.15, 0.2) is 5.96 Å². The summed E-state index contributed by atoms with van der Waals surface area (Å²) in [6, 6.07) is 8.45. The van der Waals surface area contributed by atoms with E-state index in [1.807, 2.05) is 13.0 Å². The second-order valence-corrected chi connectivity index (χ2v) is 6.65. The molecule has 1 atom stereocenters. The molecule has 7 heteroatoms. The van der Waals surface area contributed by atoms with Crippen molar-refractivity contribution in [3.8, 4) is 0 Å². The van der Waals surface area contributed by atoms with Crippen molar-refractivity contribution in [1.82, 2.24) is 16.0 Å². The van der Waals surface area contributed by atoms with E-state index >= 15 is 0 Å². The van der Waals surface area contributed by atoms with Crippen LogP contribution < -0.4 is 16.0 Å². The molecule has 0 aromatic heterocycles. The van der Waals surface area contributed by atoms with Crippen LogP contribution in [-0.2, 0) is 11.2 Å². The number of carbonyl (C=O) groups is 1. The van der Waals surface area contributed by atoms with Crippen LogP contribution in [0.5, 0.6) is 0 Å². The second-order valence-electron chi connectivity index (χ2n) is 5.74. The van der Waals surface area contributed by atoms with E-state index in [9.17, 15) is 4.79 Å². The summed E-state index contributed by atoms with van der Waals surface area (Å²) in [5.74, 6) is 1.29. The fraction of sp³-hybridized carbons (Fsp3) is 0.556. The smallest absolute Gasteiger partial charge is 0.216 e. The molecule has 25 heavy (non-hydrogen) atoms. The molecule has 142 valence electrons. The minimum atomic E-state index is -0.0150. The summed E-state index contributed by atoms with van der Waals surface area (Å²) in [5.41, 5.74) is 1.33. The fourth-order valence-corrected chi connectivity index (χ4v) is 2.76. The molecule has 3 N–H and O–H groups in total. The summed E-state index contributed by atoms with van der Waals surface area (Å²) in [6.07, 6.45) is 2.10. The van der Waals surface area contributed by atoms with Crippen LogP contribution in [0.3, 0.4) is 0 Å². The molecule has 1 unspecified atom stereocenters. The lowest BCUT2D eigenvalue weighted by atomic mass is 9.97. The van der Waals surface area contributed by atoms with Crippen LogP contribution in [0.25, 0.3) is 0 Å². The van der Waals surface area contributed by atoms with E-state index in [1.165, 1.54) is 12.5 Å². The van der Waals surface area contributed by atoms with E-state index in [4.69, 9.17) is 0 Å². The Labute approximate surface area is 177 Å². The topological polar surface area (TPSA) is 65.5 Å². The molecule has 5 nitrogen and oxygen atoms in total. The van der Waals surface area contributed by atoms with E-state index < -0.39 is 0 Å². The van der Waals surface area contributed by atoms with Crippen molar-refractivity contribution in [2.75, 3.05) is 26.2 Å². The monoisotopic (exact) mass is 524 g/mol. The highest BCUT2D eigenvalue weighted by molar-refractivity contribution is 14.0. The van der Waals surface area contributed by atoms with Gasteiger partial charge in [0.25, 0.3) is 0 Å². The number of benzene rings is 1. The van der Waals surface area contributed by atoms with Gasteiger partial charge < -0.3 is 16.0 Å². The second kappa shape index (κ2) is 14.4. The van der Waals surface area contributed by atoms with Gasteiger partial charge in [-0.25, -0.2) is 0 Å². The zero-order valence-corrected chi connectivity index (χ0v) is 19.2. The molecule has 0 fully saturated rings. The first-order valence-corrected chi connectivity index (χ1v) is 9.35. The number of amides is 1. The summed E-state index contributed by atoms with van der Waals surface area (Å²) in [6.45, 7) is 8.61. The van der Waals surface area contributed by atoms with Gasteiger partial charge in [-0.2, -0.15) is 0 Å². The van der Waals surface area contributed by atoms with Crippen molar-refractivity contribution < 1.29 is 4.79 Å². The van der Waals surface area contributed by atoms with Crippen LogP contribution in [0.2, 0.25) is 0 Å². The van der Waals surface area contributed by atoms with Crippen molar-refractivity contribution in [3.05, 3.63) is 34.3 Å². The molecule has 0 heterocycles. The van der Waals surface area contributed by atoms with Gasteiger partial charge in [-0.1, -0.05) is 41.4 Å². The molecule has 0 aliphatic heterocycles. The highest BCUT2D eigenvalue weighted by Gasteiger charge is 2.08. The Kier molecular flexibility index (Phi) is 13.9. The highest BCUT2D eigenvalue weighted by Crippen LogP contribution is 2.17. The van der Waals surface area contributed by atoms with Crippen LogP contribution in [0, 0.1) is 5.92 Å². The third-order valence-electron chi connectivity index (χ3n) is 3.63. The Morgan fingerprint density at radius 3 is 2.52 bits per heavy atom. The average molecular weight is 525 g/mol. The average Bonchev–Trinajstić information content (AvgIpc) is 2.54. The molecule has 1 aromatic carbocycles. The Morgan fingerprint density at radius 1 is 1.20 bits per heavy atom. The number of rotatable bonds is 9. The third-order valence-corrected chi connectivity index (χ3v) is 4.13. The first-order chi connectivity index (χ1) is 11.5. The molecule has 1 aromatic rings. The minimum absolute atomic E-state index is 0. The molecule has 0 radical (unpaired) electrons. The van der Waals surface area contributed by atoms with E-state index in [-0.39, 0.29) is 29.9 Å². The Hall–Kier alpha value is -0.830. The van der Waals surface area contributed by atoms with Gasteiger partial charge in [0.1, 0.15) is 0 Å². The van der Waals surface area contributed by atoms with Gasteiger partial charge in [-0.15, -0.1) is 24.0 Å². The quantitative estimate of drug-likeness (QED) is 0.201. The number of aliphatic imine (C=N–C) groups is 1. The van der Waals surface area contributed by atoms with Crippen LogP contribution in [0.4, 0.5) is 0 Å². The zero-order valence-electron chi connectivity index (χ0n) is 15.3. The van der Waals surface area contributed by atoms with Crippen molar-refractivity contribution in [3.63, 3.8) is 0 Å². The Morgan fingerprint density at radius 2 is 1.92 bits per heavy atom. The SMILES string of the molecule is CCNC(=NCC(CC)Cc1cccc(Br)c1)NCCNC(C)=O.I. The van der Waals surface area contributed by atoms with E-state index in [2.05, 4.69) is 62.0 Å². The number of hydrogen-bond acceptors (Lipinski definition) is 2. The van der Waals surface area contributed by atoms with Crippen molar-refractivity contribution in [2.45, 2.75) is 33.6 Å². The normalized spacial score (nSPS) is 12.1. The number of halogens is 2. The summed E-state index contributed by atoms with van der Waals surface area (Å²) in [5, 5.41) is 9.26. The lowest BCUT2D eigenvalue weighted by molar-refractivity contribution is -0.118. The van der Waals surface area contributed by atoms with Crippen LogP contribution in [0.1, 0.15) is 32.8 Å². The molecular weight excluding hydrogens is 495 g/mol. The number of guanidine groups is 1. The highest BCUT2D eigenvalue weighted by atomic mass is 127.